The van der Waals surface area contributed by atoms with Crippen LogP contribution >= 0.6 is 11.3 Å². The topological polar surface area (TPSA) is 145 Å². The van der Waals surface area contributed by atoms with Crippen LogP contribution in [-0.4, -0.2) is 49.8 Å². The number of nitrogens with one attached hydrogen (secondary N) is 1. The molecule has 0 saturated heterocycles. The molecule has 0 spiro atoms. The predicted molar refractivity (Wildman–Crippen MR) is 135 cm³/mol. The van der Waals surface area contributed by atoms with Gasteiger partial charge in [-0.25, -0.2) is 8.42 Å². The van der Waals surface area contributed by atoms with Crippen molar-refractivity contribution in [1.82, 2.24) is 4.31 Å². The molecule has 4 rings (SSSR count). The number of nitro groups is 1. The molecule has 11 nitrogen and oxygen atoms in total. The Morgan fingerprint density at radius 2 is 1.97 bits per heavy atom. The molecule has 0 bridgehead atoms. The van der Waals surface area contributed by atoms with Gasteiger partial charge in [0, 0.05) is 12.6 Å². The second kappa shape index (κ2) is 11.1. The predicted octanol–water partition coefficient (Wildman–Crippen LogP) is 3.53. The summed E-state index contributed by atoms with van der Waals surface area (Å²) >= 11 is 1.10. The molecule has 194 valence electrons. The first-order chi connectivity index (χ1) is 17.7. The van der Waals surface area contributed by atoms with E-state index in [9.17, 15) is 28.1 Å². The van der Waals surface area contributed by atoms with Gasteiger partial charge in [0.25, 0.3) is 21.6 Å². The summed E-state index contributed by atoms with van der Waals surface area (Å²) in [5.41, 5.74) is 1.62. The molecule has 1 aromatic heterocycles. The summed E-state index contributed by atoms with van der Waals surface area (Å²) in [6.45, 7) is -0.430. The van der Waals surface area contributed by atoms with Crippen LogP contribution in [0, 0.1) is 10.1 Å². The standard InChI is InChI=1S/C24H23N3O8S2/c1-34-21-13-17(27(30)31)8-9-19(21)25-22(28)15-35-23(29)14-20-18-6-3-2-5-16(18)10-11-26(20)37(32,33)24-7-4-12-36-24/h2-9,12-13,20H,10-11,14-15H2,1H3,(H,25,28). The van der Waals surface area contributed by atoms with Crippen LogP contribution in [-0.2, 0) is 30.8 Å². The first kappa shape index (κ1) is 26.3. The van der Waals surface area contributed by atoms with Gasteiger partial charge in [-0.3, -0.25) is 19.7 Å². The van der Waals surface area contributed by atoms with E-state index in [0.29, 0.717) is 12.0 Å². The van der Waals surface area contributed by atoms with E-state index in [2.05, 4.69) is 5.32 Å². The number of nitro benzene ring substituents is 1. The zero-order chi connectivity index (χ0) is 26.6. The van der Waals surface area contributed by atoms with Gasteiger partial charge < -0.3 is 14.8 Å². The Bertz CT molecular complexity index is 1420. The molecule has 1 atom stereocenters. The van der Waals surface area contributed by atoms with Gasteiger partial charge in [0.05, 0.1) is 36.2 Å². The molecule has 2 aromatic carbocycles. The van der Waals surface area contributed by atoms with Crippen LogP contribution < -0.4 is 10.1 Å². The van der Waals surface area contributed by atoms with Gasteiger partial charge in [0.1, 0.15) is 9.96 Å². The van der Waals surface area contributed by atoms with E-state index in [4.69, 9.17) is 9.47 Å². The highest BCUT2D eigenvalue weighted by Gasteiger charge is 2.38. The third-order valence-corrected chi connectivity index (χ3v) is 9.10. The molecule has 0 saturated carbocycles. The summed E-state index contributed by atoms with van der Waals surface area (Å²) < 4.78 is 38.4. The number of anilines is 1. The van der Waals surface area contributed by atoms with E-state index in [1.165, 1.54) is 29.6 Å². The van der Waals surface area contributed by atoms with Crippen LogP contribution in [0.5, 0.6) is 5.75 Å². The van der Waals surface area contributed by atoms with E-state index < -0.39 is 39.5 Å². The highest BCUT2D eigenvalue weighted by atomic mass is 32.2. The number of thiophene rings is 1. The molecule has 1 aliphatic heterocycles. The lowest BCUT2D eigenvalue weighted by Crippen LogP contribution is -2.41. The van der Waals surface area contributed by atoms with Crippen LogP contribution in [0.1, 0.15) is 23.6 Å². The number of nitrogens with zero attached hydrogens (tertiary/aromatic N) is 2. The number of sulfonamides is 1. The maximum Gasteiger partial charge on any atom is 0.308 e. The average Bonchev–Trinajstić information content (AvgIpc) is 3.44. The molecule has 1 aliphatic rings. The Kier molecular flexibility index (Phi) is 7.86. The van der Waals surface area contributed by atoms with Crippen molar-refractivity contribution in [3.8, 4) is 5.75 Å². The number of rotatable bonds is 9. The lowest BCUT2D eigenvalue weighted by molar-refractivity contribution is -0.384. The lowest BCUT2D eigenvalue weighted by atomic mass is 9.92. The van der Waals surface area contributed by atoms with Crippen LogP contribution in [0.25, 0.3) is 0 Å². The van der Waals surface area contributed by atoms with Crippen molar-refractivity contribution in [1.29, 1.82) is 0 Å². The highest BCUT2D eigenvalue weighted by molar-refractivity contribution is 7.91. The number of carbonyl (C=O) groups excluding carboxylic acids is 2. The van der Waals surface area contributed by atoms with Gasteiger partial charge in [-0.2, -0.15) is 4.31 Å². The van der Waals surface area contributed by atoms with E-state index >= 15 is 0 Å². The first-order valence-corrected chi connectivity index (χ1v) is 13.4. The number of carbonyl (C=O) groups is 2. The Balaban J connectivity index is 1.45. The minimum atomic E-state index is -3.84. The second-order valence-corrected chi connectivity index (χ2v) is 11.1. The van der Waals surface area contributed by atoms with Gasteiger partial charge in [0.2, 0.25) is 0 Å². The van der Waals surface area contributed by atoms with Crippen LogP contribution in [0.4, 0.5) is 11.4 Å². The van der Waals surface area contributed by atoms with Crippen molar-refractivity contribution < 1.29 is 32.4 Å². The maximum atomic E-state index is 13.3. The highest BCUT2D eigenvalue weighted by Crippen LogP contribution is 2.37. The summed E-state index contributed by atoms with van der Waals surface area (Å²) in [5, 5.41) is 15.1. The van der Waals surface area contributed by atoms with Gasteiger partial charge in [0.15, 0.2) is 6.61 Å². The molecular formula is C24H23N3O8S2. The molecule has 1 amide bonds. The monoisotopic (exact) mass is 545 g/mol. The number of ether oxygens (including phenoxy) is 2. The van der Waals surface area contributed by atoms with Gasteiger partial charge in [-0.15, -0.1) is 11.3 Å². The van der Waals surface area contributed by atoms with Crippen LogP contribution in [0.2, 0.25) is 0 Å². The van der Waals surface area contributed by atoms with E-state index in [1.807, 2.05) is 12.1 Å². The average molecular weight is 546 g/mol. The molecule has 0 radical (unpaired) electrons. The fourth-order valence-electron chi connectivity index (χ4n) is 4.10. The molecule has 37 heavy (non-hydrogen) atoms. The quantitative estimate of drug-likeness (QED) is 0.244. The summed E-state index contributed by atoms with van der Waals surface area (Å²) in [6, 6.07) is 13.4. The smallest absolute Gasteiger partial charge is 0.308 e. The molecular weight excluding hydrogens is 522 g/mol. The minimum absolute atomic E-state index is 0.0714. The summed E-state index contributed by atoms with van der Waals surface area (Å²) in [7, 11) is -2.54. The molecule has 13 heteroatoms. The number of fused-ring (bicyclic) bond motifs is 1. The number of esters is 1. The number of hydrogen-bond acceptors (Lipinski definition) is 9. The van der Waals surface area contributed by atoms with E-state index in [-0.39, 0.29) is 34.3 Å². The largest absolute Gasteiger partial charge is 0.494 e. The summed E-state index contributed by atoms with van der Waals surface area (Å²) in [6.07, 6.45) is 0.224. The Hall–Kier alpha value is -3.81. The van der Waals surface area contributed by atoms with Crippen molar-refractivity contribution in [2.75, 3.05) is 25.6 Å². The summed E-state index contributed by atoms with van der Waals surface area (Å²) in [4.78, 5) is 35.5. The Labute approximate surface area is 216 Å². The number of amides is 1. The van der Waals surface area contributed by atoms with Crippen molar-refractivity contribution in [3.05, 3.63) is 81.2 Å². The van der Waals surface area contributed by atoms with Crippen molar-refractivity contribution >= 4 is 44.6 Å². The molecule has 2 heterocycles. The van der Waals surface area contributed by atoms with Gasteiger partial charge >= 0.3 is 5.97 Å². The minimum Gasteiger partial charge on any atom is -0.494 e. The number of non-ortho nitro benzene ring substituents is 1. The maximum absolute atomic E-state index is 13.3. The van der Waals surface area contributed by atoms with Crippen LogP contribution in [0.15, 0.2) is 64.2 Å². The SMILES string of the molecule is COc1cc([N+](=O)[O-])ccc1NC(=O)COC(=O)CC1c2ccccc2CCN1S(=O)(=O)c1cccs1. The molecule has 0 fully saturated rings. The molecule has 3 aromatic rings. The molecule has 1 N–H and O–H groups in total. The fourth-order valence-corrected chi connectivity index (χ4v) is 6.82. The van der Waals surface area contributed by atoms with E-state index in [1.54, 1.807) is 23.6 Å². The third kappa shape index (κ3) is 5.79. The zero-order valence-corrected chi connectivity index (χ0v) is 21.3. The number of methoxy groups -OCH3 is 1. The summed E-state index contributed by atoms with van der Waals surface area (Å²) in [5.74, 6) is -1.37. The normalized spacial score (nSPS) is 15.4. The second-order valence-electron chi connectivity index (χ2n) is 8.07. The van der Waals surface area contributed by atoms with Crippen LogP contribution in [0.3, 0.4) is 0 Å². The van der Waals surface area contributed by atoms with Gasteiger partial charge in [-0.05, 0) is 35.1 Å². The van der Waals surface area contributed by atoms with Crippen molar-refractivity contribution in [2.45, 2.75) is 23.1 Å². The van der Waals surface area contributed by atoms with Crippen molar-refractivity contribution in [2.24, 2.45) is 0 Å². The van der Waals surface area contributed by atoms with Gasteiger partial charge in [-0.1, -0.05) is 30.3 Å². The Morgan fingerprint density at radius 1 is 1.19 bits per heavy atom. The number of hydrogen-bond donors (Lipinski definition) is 1. The first-order valence-electron chi connectivity index (χ1n) is 11.1. The third-order valence-electron chi connectivity index (χ3n) is 5.82. The molecule has 0 aliphatic carbocycles. The fraction of sp³-hybridized carbons (Fsp3) is 0.250. The lowest BCUT2D eigenvalue weighted by Gasteiger charge is -2.35. The number of benzene rings is 2. The zero-order valence-electron chi connectivity index (χ0n) is 19.7. The van der Waals surface area contributed by atoms with Crippen molar-refractivity contribution in [3.63, 3.8) is 0 Å². The molecule has 1 unspecified atom stereocenters. The van der Waals surface area contributed by atoms with E-state index in [0.717, 1.165) is 23.0 Å². The Morgan fingerprint density at radius 3 is 2.68 bits per heavy atom.